The minimum absolute atomic E-state index is 0.193. The van der Waals surface area contributed by atoms with Gasteiger partial charge in [0, 0.05) is 18.1 Å². The number of halogens is 6. The third-order valence-corrected chi connectivity index (χ3v) is 4.24. The van der Waals surface area contributed by atoms with Crippen LogP contribution in [0.1, 0.15) is 21.7 Å². The lowest BCUT2D eigenvalue weighted by Gasteiger charge is -2.13. The molecule has 9 nitrogen and oxygen atoms in total. The smallest absolute Gasteiger partial charge is 0.322 e. The molecule has 4 rings (SSSR count). The monoisotopic (exact) mass is 457 g/mol. The largest absolute Gasteiger partial charge is 0.434 e. The zero-order valence-electron chi connectivity index (χ0n) is 15.4. The van der Waals surface area contributed by atoms with Crippen molar-refractivity contribution >= 4 is 17.2 Å². The Morgan fingerprint density at radius 3 is 2.53 bits per heavy atom. The number of carbonyl (C=O) groups excluding carboxylic acids is 1. The molecular weight excluding hydrogens is 448 g/mol. The van der Waals surface area contributed by atoms with Crippen molar-refractivity contribution in [3.8, 4) is 5.69 Å². The molecule has 0 aliphatic carbocycles. The minimum Gasteiger partial charge on any atom is -0.322 e. The van der Waals surface area contributed by atoms with E-state index in [0.29, 0.717) is 16.9 Å². The van der Waals surface area contributed by atoms with Gasteiger partial charge in [0.15, 0.2) is 11.3 Å². The van der Waals surface area contributed by atoms with Gasteiger partial charge in [-0.3, -0.25) is 9.78 Å². The van der Waals surface area contributed by atoms with Crippen LogP contribution in [0, 0.1) is 0 Å². The number of aromatic nitrogens is 6. The molecular formula is C17H9F6N7O2. The van der Waals surface area contributed by atoms with Gasteiger partial charge in [-0.25, -0.2) is 19.0 Å². The molecule has 0 radical (unpaired) electrons. The summed E-state index contributed by atoms with van der Waals surface area (Å²) in [7, 11) is 0. The maximum Gasteiger partial charge on any atom is 0.434 e. The zero-order chi connectivity index (χ0) is 23.3. The van der Waals surface area contributed by atoms with Crippen LogP contribution >= 0.6 is 0 Å². The molecule has 0 saturated heterocycles. The topological polar surface area (TPSA) is 110 Å². The summed E-state index contributed by atoms with van der Waals surface area (Å²) in [4.78, 5) is 27.3. The van der Waals surface area contributed by atoms with Gasteiger partial charge in [-0.15, -0.1) is 0 Å². The van der Waals surface area contributed by atoms with Crippen molar-refractivity contribution in [2.45, 2.75) is 12.4 Å². The van der Waals surface area contributed by atoms with Gasteiger partial charge in [0.05, 0.1) is 11.8 Å². The van der Waals surface area contributed by atoms with Gasteiger partial charge in [-0.1, -0.05) is 0 Å². The van der Waals surface area contributed by atoms with Crippen LogP contribution in [0.2, 0.25) is 0 Å². The summed E-state index contributed by atoms with van der Waals surface area (Å²) in [5, 5.41) is 11.3. The van der Waals surface area contributed by atoms with Crippen LogP contribution in [0.25, 0.3) is 11.3 Å². The molecule has 2 N–H and O–H groups in total. The molecule has 4 aromatic rings. The molecule has 15 heteroatoms. The van der Waals surface area contributed by atoms with Crippen molar-refractivity contribution in [3.05, 3.63) is 70.3 Å². The van der Waals surface area contributed by atoms with E-state index in [1.54, 1.807) is 0 Å². The highest BCUT2D eigenvalue weighted by molar-refractivity contribution is 6.05. The minimum atomic E-state index is -5.10. The van der Waals surface area contributed by atoms with Crippen LogP contribution in [0.4, 0.5) is 32.0 Å². The lowest BCUT2D eigenvalue weighted by molar-refractivity contribution is -0.143. The molecule has 0 aliphatic rings. The van der Waals surface area contributed by atoms with E-state index in [0.717, 1.165) is 16.7 Å². The van der Waals surface area contributed by atoms with Gasteiger partial charge in [0.25, 0.3) is 5.91 Å². The Kier molecular flexibility index (Phi) is 4.75. The summed E-state index contributed by atoms with van der Waals surface area (Å²) in [6, 6.07) is 3.93. The molecule has 0 fully saturated rings. The molecule has 0 unspecified atom stereocenters. The predicted molar refractivity (Wildman–Crippen MR) is 95.1 cm³/mol. The van der Waals surface area contributed by atoms with E-state index in [-0.39, 0.29) is 11.3 Å². The van der Waals surface area contributed by atoms with Gasteiger partial charge in [0.1, 0.15) is 11.4 Å². The van der Waals surface area contributed by atoms with Gasteiger partial charge in [0.2, 0.25) is 0 Å². The summed E-state index contributed by atoms with van der Waals surface area (Å²) in [5.74, 6) is -1.35. The van der Waals surface area contributed by atoms with Crippen LogP contribution in [0.3, 0.4) is 0 Å². The van der Waals surface area contributed by atoms with Crippen LogP contribution in [-0.4, -0.2) is 35.3 Å². The number of rotatable bonds is 3. The highest BCUT2D eigenvalue weighted by Gasteiger charge is 2.41. The lowest BCUT2D eigenvalue weighted by atomic mass is 10.2. The standard InChI is InChI=1S/C17H9F6N7O2/c18-16(19,20)11-6-8(3-4-24-11)26-14(31)9-7-25-30(12(9)17(21,22)23)10-2-1-5-29-13(10)27-28-15(29)32/h1-7H,(H,28,32)(H,24,26,31). The van der Waals surface area contributed by atoms with E-state index in [9.17, 15) is 35.9 Å². The highest BCUT2D eigenvalue weighted by Crippen LogP contribution is 2.35. The van der Waals surface area contributed by atoms with Crippen LogP contribution < -0.4 is 11.0 Å². The first-order valence-electron chi connectivity index (χ1n) is 8.53. The Bertz CT molecular complexity index is 1380. The van der Waals surface area contributed by atoms with Crippen molar-refractivity contribution in [3.63, 3.8) is 0 Å². The number of H-pyrrole nitrogens is 1. The number of pyridine rings is 2. The third-order valence-electron chi connectivity index (χ3n) is 4.24. The number of hydrogen-bond donors (Lipinski definition) is 2. The maximum absolute atomic E-state index is 13.9. The SMILES string of the molecule is O=C(Nc1ccnc(C(F)(F)F)c1)c1cnn(-c2cccn3c(=O)[nH]nc23)c1C(F)(F)F. The van der Waals surface area contributed by atoms with Crippen molar-refractivity contribution in [2.24, 2.45) is 0 Å². The Balaban J connectivity index is 1.79. The number of nitrogens with one attached hydrogen (secondary N) is 2. The Labute approximate surface area is 172 Å². The number of hydrogen-bond acceptors (Lipinski definition) is 5. The molecule has 4 heterocycles. The lowest BCUT2D eigenvalue weighted by Crippen LogP contribution is -2.21. The number of alkyl halides is 6. The molecule has 0 atom stereocenters. The molecule has 32 heavy (non-hydrogen) atoms. The second-order valence-electron chi connectivity index (χ2n) is 6.31. The van der Waals surface area contributed by atoms with Crippen molar-refractivity contribution in [2.75, 3.05) is 5.32 Å². The van der Waals surface area contributed by atoms with Crippen LogP contribution in [-0.2, 0) is 12.4 Å². The fraction of sp³-hybridized carbons (Fsp3) is 0.118. The van der Waals surface area contributed by atoms with E-state index in [1.807, 2.05) is 5.32 Å². The summed E-state index contributed by atoms with van der Waals surface area (Å²) < 4.78 is 81.3. The number of carbonyl (C=O) groups is 1. The van der Waals surface area contributed by atoms with Gasteiger partial charge in [-0.05, 0) is 24.3 Å². The number of aromatic amines is 1. The molecule has 0 aliphatic heterocycles. The summed E-state index contributed by atoms with van der Waals surface area (Å²) in [6.45, 7) is 0. The fourth-order valence-electron chi connectivity index (χ4n) is 2.92. The molecule has 0 bridgehead atoms. The molecule has 166 valence electrons. The van der Waals surface area contributed by atoms with E-state index < -0.39 is 46.6 Å². The molecule has 0 spiro atoms. The molecule has 4 aromatic heterocycles. The average molecular weight is 457 g/mol. The Morgan fingerprint density at radius 1 is 1.09 bits per heavy atom. The molecule has 1 amide bonds. The van der Waals surface area contributed by atoms with Crippen molar-refractivity contribution < 1.29 is 31.1 Å². The van der Waals surface area contributed by atoms with Crippen LogP contribution in [0.5, 0.6) is 0 Å². The maximum atomic E-state index is 13.9. The van der Waals surface area contributed by atoms with E-state index in [2.05, 4.69) is 20.3 Å². The summed E-state index contributed by atoms with van der Waals surface area (Å²) in [5.41, 5.74) is -5.38. The van der Waals surface area contributed by atoms with E-state index >= 15 is 0 Å². The molecule has 0 saturated carbocycles. The van der Waals surface area contributed by atoms with E-state index in [4.69, 9.17) is 0 Å². The summed E-state index contributed by atoms with van der Waals surface area (Å²) in [6.07, 6.45) is -7.29. The number of anilines is 1. The average Bonchev–Trinajstić information content (AvgIpc) is 3.32. The predicted octanol–water partition coefficient (Wildman–Crippen LogP) is 2.89. The first-order valence-corrected chi connectivity index (χ1v) is 8.53. The normalized spacial score (nSPS) is 12.3. The first kappa shape index (κ1) is 21.1. The second kappa shape index (κ2) is 7.21. The van der Waals surface area contributed by atoms with Crippen molar-refractivity contribution in [1.29, 1.82) is 0 Å². The number of nitrogens with zero attached hydrogens (tertiary/aromatic N) is 5. The summed E-state index contributed by atoms with van der Waals surface area (Å²) >= 11 is 0. The highest BCUT2D eigenvalue weighted by atomic mass is 19.4. The van der Waals surface area contributed by atoms with E-state index in [1.165, 1.54) is 18.3 Å². The van der Waals surface area contributed by atoms with Gasteiger partial charge >= 0.3 is 18.0 Å². The number of amides is 1. The third kappa shape index (κ3) is 3.67. The second-order valence-corrected chi connectivity index (χ2v) is 6.31. The van der Waals surface area contributed by atoms with Crippen molar-refractivity contribution in [1.82, 2.24) is 29.4 Å². The molecule has 0 aromatic carbocycles. The number of fused-ring (bicyclic) bond motifs is 1. The Morgan fingerprint density at radius 2 is 1.84 bits per heavy atom. The van der Waals surface area contributed by atoms with Gasteiger partial charge in [-0.2, -0.15) is 36.5 Å². The van der Waals surface area contributed by atoms with Gasteiger partial charge < -0.3 is 5.32 Å². The Hall–Kier alpha value is -4.17. The zero-order valence-corrected chi connectivity index (χ0v) is 15.4. The fourth-order valence-corrected chi connectivity index (χ4v) is 2.92. The first-order chi connectivity index (χ1) is 15.0. The van der Waals surface area contributed by atoms with Crippen LogP contribution in [0.15, 0.2) is 47.7 Å². The quantitative estimate of drug-likeness (QED) is 0.460.